The van der Waals surface area contributed by atoms with Gasteiger partial charge in [-0.15, -0.1) is 5.10 Å². The molecule has 0 saturated carbocycles. The molecule has 1 fully saturated rings. The Balaban J connectivity index is 1.98. The molecule has 1 aliphatic rings. The van der Waals surface area contributed by atoms with E-state index >= 15 is 0 Å². The summed E-state index contributed by atoms with van der Waals surface area (Å²) in [6.07, 6.45) is 1.21. The molecule has 1 saturated heterocycles. The number of hydrogen-bond donors (Lipinski definition) is 1. The first-order valence-corrected chi connectivity index (χ1v) is 4.84. The monoisotopic (exact) mass is 185 g/mol. The minimum atomic E-state index is 0.634. The van der Waals surface area contributed by atoms with Gasteiger partial charge in [0, 0.05) is 18.8 Å². The summed E-state index contributed by atoms with van der Waals surface area (Å²) in [5.41, 5.74) is 0. The number of nitrogens with zero attached hydrogens (tertiary/aromatic N) is 4. The van der Waals surface area contributed by atoms with Gasteiger partial charge in [0.15, 0.2) is 0 Å². The van der Waals surface area contributed by atoms with Crippen molar-refractivity contribution in [1.29, 1.82) is 0 Å². The Hall–Kier alpha value is -0.620. The van der Waals surface area contributed by atoms with Gasteiger partial charge in [-0.25, -0.2) is 4.68 Å². The van der Waals surface area contributed by atoms with Crippen LogP contribution in [0, 0.1) is 0 Å². The van der Waals surface area contributed by atoms with Crippen molar-refractivity contribution < 1.29 is 0 Å². The fraction of sp³-hybridized carbons (Fsp3) is 0.833. The quantitative estimate of drug-likeness (QED) is 0.683. The normalized spacial score (nSPS) is 23.2. The molecule has 12 heavy (non-hydrogen) atoms. The van der Waals surface area contributed by atoms with Gasteiger partial charge in [0.2, 0.25) is 5.16 Å². The fourth-order valence-electron chi connectivity index (χ4n) is 1.20. The molecule has 1 aliphatic heterocycles. The summed E-state index contributed by atoms with van der Waals surface area (Å²) in [7, 11) is 1.87. The van der Waals surface area contributed by atoms with Crippen LogP contribution in [-0.4, -0.2) is 38.5 Å². The van der Waals surface area contributed by atoms with Crippen molar-refractivity contribution in [2.45, 2.75) is 16.8 Å². The molecule has 1 aromatic rings. The lowest BCUT2D eigenvalue weighted by Crippen LogP contribution is -2.10. The molecule has 1 atom stereocenters. The van der Waals surface area contributed by atoms with Gasteiger partial charge in [-0.05, 0) is 23.4 Å². The van der Waals surface area contributed by atoms with Gasteiger partial charge < -0.3 is 5.32 Å². The predicted octanol–water partition coefficient (Wildman–Crippen LogP) is -0.336. The smallest absolute Gasteiger partial charge is 0.209 e. The zero-order valence-corrected chi connectivity index (χ0v) is 7.71. The van der Waals surface area contributed by atoms with Crippen molar-refractivity contribution in [3.63, 3.8) is 0 Å². The predicted molar refractivity (Wildman–Crippen MR) is 45.9 cm³/mol. The Labute approximate surface area is 74.9 Å². The minimum Gasteiger partial charge on any atom is -0.316 e. The van der Waals surface area contributed by atoms with E-state index in [4.69, 9.17) is 0 Å². The number of nitrogens with one attached hydrogen (secondary N) is 1. The largest absolute Gasteiger partial charge is 0.316 e. The molecule has 6 heteroatoms. The van der Waals surface area contributed by atoms with Crippen LogP contribution in [-0.2, 0) is 7.05 Å². The zero-order valence-electron chi connectivity index (χ0n) is 6.90. The molecule has 0 spiro atoms. The van der Waals surface area contributed by atoms with E-state index in [1.54, 1.807) is 16.4 Å². The summed E-state index contributed by atoms with van der Waals surface area (Å²) < 4.78 is 1.71. The molecule has 1 aromatic heterocycles. The maximum absolute atomic E-state index is 3.92. The molecule has 2 heterocycles. The summed E-state index contributed by atoms with van der Waals surface area (Å²) >= 11 is 1.75. The van der Waals surface area contributed by atoms with E-state index in [2.05, 4.69) is 20.8 Å². The maximum Gasteiger partial charge on any atom is 0.209 e. The van der Waals surface area contributed by atoms with Crippen LogP contribution in [0.4, 0.5) is 0 Å². The molecular formula is C6H11N5S. The number of aromatic nitrogens is 4. The fourth-order valence-corrected chi connectivity index (χ4v) is 2.21. The Kier molecular flexibility index (Phi) is 2.27. The Morgan fingerprint density at radius 1 is 1.67 bits per heavy atom. The second kappa shape index (κ2) is 3.40. The Bertz CT molecular complexity index is 254. The van der Waals surface area contributed by atoms with E-state index in [1.807, 2.05) is 7.05 Å². The molecule has 0 aliphatic carbocycles. The van der Waals surface area contributed by atoms with Crippen molar-refractivity contribution in [2.75, 3.05) is 13.1 Å². The first-order chi connectivity index (χ1) is 5.86. The van der Waals surface area contributed by atoms with E-state index in [-0.39, 0.29) is 0 Å². The van der Waals surface area contributed by atoms with Crippen LogP contribution in [0.5, 0.6) is 0 Å². The van der Waals surface area contributed by atoms with Gasteiger partial charge in [0.1, 0.15) is 0 Å². The summed E-state index contributed by atoms with van der Waals surface area (Å²) in [6.45, 7) is 2.18. The zero-order chi connectivity index (χ0) is 8.39. The van der Waals surface area contributed by atoms with Crippen molar-refractivity contribution in [3.8, 4) is 0 Å². The highest BCUT2D eigenvalue weighted by Crippen LogP contribution is 2.23. The van der Waals surface area contributed by atoms with Gasteiger partial charge >= 0.3 is 0 Å². The van der Waals surface area contributed by atoms with Gasteiger partial charge in [-0.1, -0.05) is 11.8 Å². The van der Waals surface area contributed by atoms with E-state index < -0.39 is 0 Å². The van der Waals surface area contributed by atoms with Crippen molar-refractivity contribution in [2.24, 2.45) is 7.05 Å². The van der Waals surface area contributed by atoms with Crippen molar-refractivity contribution in [1.82, 2.24) is 25.5 Å². The minimum absolute atomic E-state index is 0.634. The topological polar surface area (TPSA) is 55.6 Å². The molecule has 1 N–H and O–H groups in total. The van der Waals surface area contributed by atoms with Gasteiger partial charge in [0.25, 0.3) is 0 Å². The summed E-state index contributed by atoms with van der Waals surface area (Å²) in [5, 5.41) is 16.1. The molecule has 0 radical (unpaired) electrons. The van der Waals surface area contributed by atoms with Crippen LogP contribution in [0.15, 0.2) is 5.16 Å². The SMILES string of the molecule is Cn1nnnc1SC1CCNC1. The number of rotatable bonds is 2. The highest BCUT2D eigenvalue weighted by atomic mass is 32.2. The summed E-state index contributed by atoms with van der Waals surface area (Å²) in [6, 6.07) is 0. The molecular weight excluding hydrogens is 174 g/mol. The van der Waals surface area contributed by atoms with Crippen LogP contribution >= 0.6 is 11.8 Å². The van der Waals surface area contributed by atoms with E-state index in [9.17, 15) is 0 Å². The van der Waals surface area contributed by atoms with Gasteiger partial charge in [-0.3, -0.25) is 0 Å². The molecule has 66 valence electrons. The average molecular weight is 185 g/mol. The second-order valence-corrected chi connectivity index (χ2v) is 4.09. The van der Waals surface area contributed by atoms with E-state index in [0.717, 1.165) is 18.2 Å². The van der Waals surface area contributed by atoms with Gasteiger partial charge in [0.05, 0.1) is 0 Å². The Morgan fingerprint density at radius 3 is 3.17 bits per heavy atom. The van der Waals surface area contributed by atoms with Crippen LogP contribution < -0.4 is 5.32 Å². The molecule has 0 bridgehead atoms. The first-order valence-electron chi connectivity index (χ1n) is 3.96. The van der Waals surface area contributed by atoms with Crippen LogP contribution in [0.3, 0.4) is 0 Å². The van der Waals surface area contributed by atoms with E-state index in [0.29, 0.717) is 5.25 Å². The average Bonchev–Trinajstić information content (AvgIpc) is 2.65. The Morgan fingerprint density at radius 2 is 2.58 bits per heavy atom. The van der Waals surface area contributed by atoms with Crippen LogP contribution in [0.1, 0.15) is 6.42 Å². The van der Waals surface area contributed by atoms with Crippen LogP contribution in [0.25, 0.3) is 0 Å². The number of hydrogen-bond acceptors (Lipinski definition) is 5. The lowest BCUT2D eigenvalue weighted by atomic mass is 10.4. The molecule has 1 unspecified atom stereocenters. The molecule has 2 rings (SSSR count). The number of tetrazole rings is 1. The summed E-state index contributed by atoms with van der Waals surface area (Å²) in [4.78, 5) is 0. The van der Waals surface area contributed by atoms with Crippen molar-refractivity contribution in [3.05, 3.63) is 0 Å². The first kappa shape index (κ1) is 8.00. The third-order valence-electron chi connectivity index (χ3n) is 1.87. The third-order valence-corrected chi connectivity index (χ3v) is 3.16. The standard InChI is InChI=1S/C6H11N5S/c1-11-6(8-9-10-11)12-5-2-3-7-4-5/h5,7H,2-4H2,1H3. The highest BCUT2D eigenvalue weighted by Gasteiger charge is 2.17. The lowest BCUT2D eigenvalue weighted by Gasteiger charge is -2.04. The highest BCUT2D eigenvalue weighted by molar-refractivity contribution is 7.99. The van der Waals surface area contributed by atoms with E-state index in [1.165, 1.54) is 6.42 Å². The summed E-state index contributed by atoms with van der Waals surface area (Å²) in [5.74, 6) is 0. The number of thioether (sulfide) groups is 1. The molecule has 5 nitrogen and oxygen atoms in total. The lowest BCUT2D eigenvalue weighted by molar-refractivity contribution is 0.663. The maximum atomic E-state index is 3.92. The van der Waals surface area contributed by atoms with Gasteiger partial charge in [-0.2, -0.15) is 0 Å². The van der Waals surface area contributed by atoms with Crippen LogP contribution in [0.2, 0.25) is 0 Å². The van der Waals surface area contributed by atoms with Crippen molar-refractivity contribution >= 4 is 11.8 Å². The molecule has 0 amide bonds. The number of aryl methyl sites for hydroxylation is 1. The second-order valence-electron chi connectivity index (χ2n) is 2.82. The third kappa shape index (κ3) is 1.59. The molecule has 0 aromatic carbocycles.